The molecule has 2 aliphatic rings. The molecule has 0 saturated carbocycles. The summed E-state index contributed by atoms with van der Waals surface area (Å²) in [5, 5.41) is 0.318. The topological polar surface area (TPSA) is 6.48 Å². The molecule has 0 bridgehead atoms. The van der Waals surface area contributed by atoms with Crippen molar-refractivity contribution in [1.82, 2.24) is 9.80 Å². The molecule has 0 aromatic carbocycles. The van der Waals surface area contributed by atoms with Gasteiger partial charge in [0.1, 0.15) is 0 Å². The van der Waals surface area contributed by atoms with Gasteiger partial charge in [-0.3, -0.25) is 4.90 Å². The Labute approximate surface area is 135 Å². The number of piperidine rings is 2. The lowest BCUT2D eigenvalue weighted by Crippen LogP contribution is -2.38. The second-order valence-corrected chi connectivity index (χ2v) is 7.30. The van der Waals surface area contributed by atoms with Gasteiger partial charge in [-0.05, 0) is 65.7 Å². The zero-order valence-electron chi connectivity index (χ0n) is 13.3. The van der Waals surface area contributed by atoms with E-state index in [-0.39, 0.29) is 0 Å². The van der Waals surface area contributed by atoms with Gasteiger partial charge in [-0.15, -0.1) is 23.2 Å². The molecule has 2 unspecified atom stereocenters. The van der Waals surface area contributed by atoms with Crippen LogP contribution in [0.15, 0.2) is 0 Å². The van der Waals surface area contributed by atoms with E-state index in [0.717, 1.165) is 12.4 Å². The third kappa shape index (κ3) is 8.07. The highest BCUT2D eigenvalue weighted by atomic mass is 35.5. The Morgan fingerprint density at radius 3 is 1.80 bits per heavy atom. The molecule has 2 nitrogen and oxygen atoms in total. The lowest BCUT2D eigenvalue weighted by atomic mass is 10.1. The van der Waals surface area contributed by atoms with Crippen LogP contribution >= 0.6 is 23.2 Å². The van der Waals surface area contributed by atoms with Crippen LogP contribution in [-0.4, -0.2) is 59.8 Å². The van der Waals surface area contributed by atoms with Gasteiger partial charge in [0.15, 0.2) is 0 Å². The molecule has 2 aliphatic heterocycles. The largest absolute Gasteiger partial charge is 0.302 e. The third-order valence-electron chi connectivity index (χ3n) is 4.20. The molecular weight excluding hydrogens is 291 g/mol. The molecule has 0 N–H and O–H groups in total. The van der Waals surface area contributed by atoms with Crippen molar-refractivity contribution in [1.29, 1.82) is 0 Å². The van der Waals surface area contributed by atoms with Crippen molar-refractivity contribution in [2.45, 2.75) is 63.8 Å². The minimum atomic E-state index is 0.318. The number of nitrogens with zero attached hydrogens (tertiary/aromatic N) is 2. The summed E-state index contributed by atoms with van der Waals surface area (Å²) in [5.74, 6) is 0.778. The number of hydrogen-bond acceptors (Lipinski definition) is 2. The lowest BCUT2D eigenvalue weighted by Gasteiger charge is -2.30. The highest BCUT2D eigenvalue weighted by Crippen LogP contribution is 2.12. The van der Waals surface area contributed by atoms with Crippen molar-refractivity contribution >= 4 is 23.2 Å². The SMILES string of the molecule is CC(CCl)N1CCCCC1.CC(Cl)CN1CCCCC1. The number of halogens is 2. The molecule has 0 aromatic rings. The Morgan fingerprint density at radius 1 is 0.850 bits per heavy atom. The van der Waals surface area contributed by atoms with Gasteiger partial charge in [0.05, 0.1) is 0 Å². The van der Waals surface area contributed by atoms with Crippen molar-refractivity contribution in [2.24, 2.45) is 0 Å². The maximum absolute atomic E-state index is 5.87. The second-order valence-electron chi connectivity index (χ2n) is 6.24. The summed E-state index contributed by atoms with van der Waals surface area (Å²) in [5.41, 5.74) is 0. The van der Waals surface area contributed by atoms with E-state index in [1.165, 1.54) is 64.7 Å². The maximum Gasteiger partial charge on any atom is 0.0435 e. The Balaban J connectivity index is 0.000000200. The molecule has 20 heavy (non-hydrogen) atoms. The van der Waals surface area contributed by atoms with Crippen molar-refractivity contribution in [3.05, 3.63) is 0 Å². The normalized spacial score (nSPS) is 24.6. The van der Waals surface area contributed by atoms with E-state index in [0.29, 0.717) is 11.4 Å². The first-order valence-electron chi connectivity index (χ1n) is 8.30. The summed E-state index contributed by atoms with van der Waals surface area (Å²) in [6, 6.07) is 0.585. The minimum absolute atomic E-state index is 0.318. The van der Waals surface area contributed by atoms with Gasteiger partial charge in [-0.1, -0.05) is 12.8 Å². The Bertz CT molecular complexity index is 225. The first kappa shape index (κ1) is 18.5. The zero-order chi connectivity index (χ0) is 14.8. The molecule has 0 spiro atoms. The monoisotopic (exact) mass is 322 g/mol. The summed E-state index contributed by atoms with van der Waals surface area (Å²) >= 11 is 11.6. The van der Waals surface area contributed by atoms with Gasteiger partial charge >= 0.3 is 0 Å². The van der Waals surface area contributed by atoms with Gasteiger partial charge in [-0.2, -0.15) is 0 Å². The van der Waals surface area contributed by atoms with Crippen LogP contribution in [0.1, 0.15) is 52.4 Å². The molecule has 0 aliphatic carbocycles. The fourth-order valence-corrected chi connectivity index (χ4v) is 3.34. The molecule has 2 saturated heterocycles. The zero-order valence-corrected chi connectivity index (χ0v) is 14.8. The van der Waals surface area contributed by atoms with E-state index in [1.807, 2.05) is 0 Å². The van der Waals surface area contributed by atoms with Crippen LogP contribution in [0.25, 0.3) is 0 Å². The maximum atomic E-state index is 5.87. The molecule has 2 atom stereocenters. The van der Waals surface area contributed by atoms with E-state index >= 15 is 0 Å². The number of likely N-dealkylation sites (tertiary alicyclic amines) is 2. The Kier molecular flexibility index (Phi) is 10.3. The minimum Gasteiger partial charge on any atom is -0.302 e. The van der Waals surface area contributed by atoms with E-state index in [4.69, 9.17) is 23.2 Å². The fraction of sp³-hybridized carbons (Fsp3) is 1.00. The molecule has 0 aromatic heterocycles. The lowest BCUT2D eigenvalue weighted by molar-refractivity contribution is 0.187. The van der Waals surface area contributed by atoms with Crippen LogP contribution in [0.3, 0.4) is 0 Å². The predicted octanol–water partition coefficient (Wildman–Crippen LogP) is 4.20. The Hall–Kier alpha value is 0.500. The van der Waals surface area contributed by atoms with Gasteiger partial charge < -0.3 is 4.90 Å². The van der Waals surface area contributed by atoms with Gasteiger partial charge in [0.25, 0.3) is 0 Å². The number of alkyl halides is 2. The van der Waals surface area contributed by atoms with Crippen LogP contribution in [0.5, 0.6) is 0 Å². The number of rotatable bonds is 4. The molecule has 2 fully saturated rings. The van der Waals surface area contributed by atoms with Crippen molar-refractivity contribution < 1.29 is 0 Å². The number of hydrogen-bond donors (Lipinski definition) is 0. The molecule has 120 valence electrons. The second kappa shape index (κ2) is 11.1. The highest BCUT2D eigenvalue weighted by Gasteiger charge is 2.14. The molecule has 4 heteroatoms. The average molecular weight is 323 g/mol. The molecule has 2 rings (SSSR count). The van der Waals surface area contributed by atoms with Crippen LogP contribution in [0.2, 0.25) is 0 Å². The van der Waals surface area contributed by atoms with E-state index < -0.39 is 0 Å². The molecular formula is C16H32Cl2N2. The van der Waals surface area contributed by atoms with Crippen molar-refractivity contribution in [3.8, 4) is 0 Å². The summed E-state index contributed by atoms with van der Waals surface area (Å²) in [6.07, 6.45) is 8.27. The first-order valence-corrected chi connectivity index (χ1v) is 9.27. The predicted molar refractivity (Wildman–Crippen MR) is 91.2 cm³/mol. The smallest absolute Gasteiger partial charge is 0.0435 e. The van der Waals surface area contributed by atoms with E-state index in [2.05, 4.69) is 23.6 Å². The quantitative estimate of drug-likeness (QED) is 0.716. The van der Waals surface area contributed by atoms with Gasteiger partial charge in [0, 0.05) is 23.8 Å². The summed E-state index contributed by atoms with van der Waals surface area (Å²) in [7, 11) is 0. The van der Waals surface area contributed by atoms with Gasteiger partial charge in [-0.25, -0.2) is 0 Å². The van der Waals surface area contributed by atoms with Crippen LogP contribution in [0, 0.1) is 0 Å². The summed E-state index contributed by atoms with van der Waals surface area (Å²) in [6.45, 7) is 10.4. The van der Waals surface area contributed by atoms with Crippen LogP contribution in [0.4, 0.5) is 0 Å². The van der Waals surface area contributed by atoms with Gasteiger partial charge in [0.2, 0.25) is 0 Å². The van der Waals surface area contributed by atoms with E-state index in [9.17, 15) is 0 Å². The summed E-state index contributed by atoms with van der Waals surface area (Å²) in [4.78, 5) is 4.94. The molecule has 0 amide bonds. The first-order chi connectivity index (χ1) is 9.63. The standard InChI is InChI=1S/2C8H16ClN/c1-8(9)7-10-5-3-2-4-6-10;1-8(7-9)10-5-3-2-4-6-10/h2*8H,2-7H2,1H3. The average Bonchev–Trinajstić information content (AvgIpc) is 2.48. The molecule has 2 heterocycles. The Morgan fingerprint density at radius 2 is 1.35 bits per heavy atom. The van der Waals surface area contributed by atoms with E-state index in [1.54, 1.807) is 0 Å². The van der Waals surface area contributed by atoms with Crippen molar-refractivity contribution in [2.75, 3.05) is 38.6 Å². The van der Waals surface area contributed by atoms with Crippen LogP contribution < -0.4 is 0 Å². The van der Waals surface area contributed by atoms with Crippen LogP contribution in [-0.2, 0) is 0 Å². The summed E-state index contributed by atoms with van der Waals surface area (Å²) < 4.78 is 0. The fourth-order valence-electron chi connectivity index (χ4n) is 2.95. The highest BCUT2D eigenvalue weighted by molar-refractivity contribution is 6.20. The van der Waals surface area contributed by atoms with Crippen molar-refractivity contribution in [3.63, 3.8) is 0 Å². The third-order valence-corrected chi connectivity index (χ3v) is 4.78. The molecule has 0 radical (unpaired) electrons.